The van der Waals surface area contributed by atoms with Crippen LogP contribution in [0.25, 0.3) is 0 Å². The molecule has 6 rings (SSSR count). The Morgan fingerprint density at radius 1 is 1.07 bits per heavy atom. The number of rotatable bonds is 10. The van der Waals surface area contributed by atoms with Crippen molar-refractivity contribution in [1.29, 1.82) is 0 Å². The lowest BCUT2D eigenvalue weighted by Gasteiger charge is -2.41. The Bertz CT molecular complexity index is 1610. The summed E-state index contributed by atoms with van der Waals surface area (Å²) in [7, 11) is 1.44. The Hall–Kier alpha value is -4.87. The number of aliphatic hydroxyl groups excluding tert-OH is 2. The van der Waals surface area contributed by atoms with E-state index in [1.807, 2.05) is 36.4 Å². The molecule has 11 nitrogen and oxygen atoms in total. The van der Waals surface area contributed by atoms with Crippen LogP contribution in [0.15, 0.2) is 72.3 Å². The second kappa shape index (κ2) is 12.4. The number of nitrogens with one attached hydrogen (secondary N) is 1. The van der Waals surface area contributed by atoms with Crippen LogP contribution >= 0.6 is 0 Å². The van der Waals surface area contributed by atoms with Crippen molar-refractivity contribution in [3.8, 4) is 23.0 Å². The van der Waals surface area contributed by atoms with Crippen LogP contribution in [0.2, 0.25) is 0 Å². The number of nitrogens with zero attached hydrogens (tertiary/aromatic N) is 1. The molecule has 0 saturated heterocycles. The van der Waals surface area contributed by atoms with E-state index >= 15 is 0 Å². The lowest BCUT2D eigenvalue weighted by atomic mass is 9.77. The minimum absolute atomic E-state index is 0.0000413. The van der Waals surface area contributed by atoms with Gasteiger partial charge in [0.1, 0.15) is 18.5 Å². The van der Waals surface area contributed by atoms with Crippen molar-refractivity contribution in [3.05, 3.63) is 94.6 Å². The van der Waals surface area contributed by atoms with Gasteiger partial charge in [0.2, 0.25) is 18.6 Å². The highest BCUT2D eigenvalue weighted by atomic mass is 16.7. The number of carbonyl (C=O) groups is 3. The third-order valence-electron chi connectivity index (χ3n) is 8.08. The third kappa shape index (κ3) is 5.47. The molecule has 4 atom stereocenters. The molecule has 3 aromatic carbocycles. The molecule has 3 aromatic rings. The molecule has 0 bridgehead atoms. The zero-order valence-electron chi connectivity index (χ0n) is 24.0. The maximum Gasteiger partial charge on any atom is 0.247 e. The summed E-state index contributed by atoms with van der Waals surface area (Å²) in [5.41, 5.74) is 2.59. The minimum Gasteiger partial charge on any atom is -0.493 e. The van der Waals surface area contributed by atoms with E-state index in [1.54, 1.807) is 24.3 Å². The van der Waals surface area contributed by atoms with Gasteiger partial charge in [-0.25, -0.2) is 0 Å². The molecule has 11 heteroatoms. The largest absolute Gasteiger partial charge is 0.493 e. The summed E-state index contributed by atoms with van der Waals surface area (Å²) in [6.45, 7) is -0.0850. The van der Waals surface area contributed by atoms with Crippen molar-refractivity contribution in [2.45, 2.75) is 37.1 Å². The molecule has 0 saturated carbocycles. The van der Waals surface area contributed by atoms with E-state index in [-0.39, 0.29) is 50.1 Å². The molecule has 0 radical (unpaired) electrons. The molecular formula is C33H32N2O9. The van der Waals surface area contributed by atoms with Crippen LogP contribution in [-0.4, -0.2) is 78.5 Å². The highest BCUT2D eigenvalue weighted by molar-refractivity contribution is 5.96. The predicted molar refractivity (Wildman–Crippen MR) is 157 cm³/mol. The summed E-state index contributed by atoms with van der Waals surface area (Å²) in [6.07, 6.45) is 0.0740. The monoisotopic (exact) mass is 600 g/mol. The summed E-state index contributed by atoms with van der Waals surface area (Å²) in [5.74, 6) is 0.215. The van der Waals surface area contributed by atoms with Gasteiger partial charge in [0, 0.05) is 29.8 Å². The van der Waals surface area contributed by atoms with E-state index < -0.39 is 30.1 Å². The first-order chi connectivity index (χ1) is 21.4. The number of hydrogen-bond donors (Lipinski definition) is 3. The number of fused-ring (bicyclic) bond motifs is 4. The summed E-state index contributed by atoms with van der Waals surface area (Å²) in [5, 5.41) is 24.0. The average molecular weight is 601 g/mol. The Balaban J connectivity index is 1.43. The molecule has 0 aromatic heterocycles. The molecule has 4 unspecified atom stereocenters. The number of aliphatic hydroxyl groups is 2. The van der Waals surface area contributed by atoms with Gasteiger partial charge in [-0.15, -0.1) is 0 Å². The van der Waals surface area contributed by atoms with E-state index in [0.717, 1.165) is 11.1 Å². The van der Waals surface area contributed by atoms with E-state index in [1.165, 1.54) is 18.1 Å². The Kier molecular flexibility index (Phi) is 8.23. The number of amides is 2. The van der Waals surface area contributed by atoms with Gasteiger partial charge in [0.25, 0.3) is 0 Å². The Morgan fingerprint density at radius 3 is 2.61 bits per heavy atom. The summed E-state index contributed by atoms with van der Waals surface area (Å²) >= 11 is 0. The molecule has 0 spiro atoms. The molecule has 3 aliphatic rings. The lowest BCUT2D eigenvalue weighted by Crippen LogP contribution is -2.55. The normalized spacial score (nSPS) is 20.9. The molecule has 2 amide bonds. The molecule has 1 aliphatic carbocycles. The predicted octanol–water partition coefficient (Wildman–Crippen LogP) is 2.13. The second-order valence-electron chi connectivity index (χ2n) is 10.8. The summed E-state index contributed by atoms with van der Waals surface area (Å²) < 4.78 is 22.8. The zero-order valence-corrected chi connectivity index (χ0v) is 24.0. The SMILES string of the molecule is COc1cc(C=O)cc2c1OC1C2C(C(=O)NCCO)=CC(N(Cc2ccc3c(c2)OCO3)C(=O)Cc2ccccc2)C1O. The van der Waals surface area contributed by atoms with Gasteiger partial charge in [-0.1, -0.05) is 36.4 Å². The van der Waals surface area contributed by atoms with Gasteiger partial charge in [-0.05, 0) is 41.5 Å². The van der Waals surface area contributed by atoms with E-state index in [2.05, 4.69) is 5.32 Å². The van der Waals surface area contributed by atoms with Gasteiger partial charge in [0.05, 0.1) is 32.1 Å². The topological polar surface area (TPSA) is 144 Å². The Morgan fingerprint density at radius 2 is 1.86 bits per heavy atom. The van der Waals surface area contributed by atoms with Crippen LogP contribution in [0.5, 0.6) is 23.0 Å². The van der Waals surface area contributed by atoms with Gasteiger partial charge in [0.15, 0.2) is 23.0 Å². The standard InChI is InChI=1S/C33H32N2O9/c1-41-27-13-21(17-37)11-22-29-23(33(40)34-9-10-36)15-24(30(39)32(29)44-31(22)27)35(28(38)14-19-5-3-2-4-6-19)16-20-7-8-25-26(12-20)43-18-42-25/h2-8,11-13,15,17,24,29-30,32,36,39H,9-10,14,16,18H2,1H3,(H,34,40). The smallest absolute Gasteiger partial charge is 0.247 e. The number of benzene rings is 3. The minimum atomic E-state index is -1.26. The summed E-state index contributed by atoms with van der Waals surface area (Å²) in [4.78, 5) is 40.9. The van der Waals surface area contributed by atoms with Gasteiger partial charge in [-0.3, -0.25) is 14.4 Å². The molecule has 44 heavy (non-hydrogen) atoms. The molecule has 3 N–H and O–H groups in total. The molecule has 228 valence electrons. The van der Waals surface area contributed by atoms with Gasteiger partial charge < -0.3 is 39.4 Å². The quantitative estimate of drug-likeness (QED) is 0.298. The van der Waals surface area contributed by atoms with Crippen LogP contribution in [0.1, 0.15) is 33.0 Å². The first kappa shape index (κ1) is 29.2. The van der Waals surface area contributed by atoms with Crippen LogP contribution in [0.4, 0.5) is 0 Å². The van der Waals surface area contributed by atoms with E-state index in [9.17, 15) is 24.6 Å². The molecule has 0 fully saturated rings. The van der Waals surface area contributed by atoms with Crippen molar-refractivity contribution < 1.29 is 43.5 Å². The number of aldehydes is 1. The van der Waals surface area contributed by atoms with Gasteiger partial charge >= 0.3 is 0 Å². The zero-order chi connectivity index (χ0) is 30.8. The number of methoxy groups -OCH3 is 1. The molecule has 2 aliphatic heterocycles. The fourth-order valence-corrected chi connectivity index (χ4v) is 6.03. The van der Waals surface area contributed by atoms with Crippen molar-refractivity contribution in [1.82, 2.24) is 10.2 Å². The first-order valence-corrected chi connectivity index (χ1v) is 14.3. The van der Waals surface area contributed by atoms with Crippen LogP contribution in [-0.2, 0) is 22.6 Å². The first-order valence-electron chi connectivity index (χ1n) is 14.3. The highest BCUT2D eigenvalue weighted by Crippen LogP contribution is 2.51. The second-order valence-corrected chi connectivity index (χ2v) is 10.8. The number of hydrogen-bond acceptors (Lipinski definition) is 9. The van der Waals surface area contributed by atoms with Crippen molar-refractivity contribution in [3.63, 3.8) is 0 Å². The van der Waals surface area contributed by atoms with Crippen LogP contribution in [0.3, 0.4) is 0 Å². The fourth-order valence-electron chi connectivity index (χ4n) is 6.03. The third-order valence-corrected chi connectivity index (χ3v) is 8.08. The van der Waals surface area contributed by atoms with Gasteiger partial charge in [-0.2, -0.15) is 0 Å². The maximum absolute atomic E-state index is 14.0. The lowest BCUT2D eigenvalue weighted by molar-refractivity contribution is -0.137. The van der Waals surface area contributed by atoms with Crippen LogP contribution < -0.4 is 24.3 Å². The fraction of sp³-hybridized carbons (Fsp3) is 0.303. The molecule has 2 heterocycles. The maximum atomic E-state index is 14.0. The average Bonchev–Trinajstić information content (AvgIpc) is 3.68. The number of ether oxygens (including phenoxy) is 4. The summed E-state index contributed by atoms with van der Waals surface area (Å²) in [6, 6.07) is 16.8. The number of carbonyl (C=O) groups excluding carboxylic acids is 3. The Labute approximate surface area is 253 Å². The molecular weight excluding hydrogens is 568 g/mol. The van der Waals surface area contributed by atoms with E-state index in [4.69, 9.17) is 18.9 Å². The van der Waals surface area contributed by atoms with E-state index in [0.29, 0.717) is 34.7 Å². The highest BCUT2D eigenvalue weighted by Gasteiger charge is 2.51. The van der Waals surface area contributed by atoms with Crippen molar-refractivity contribution >= 4 is 18.1 Å². The van der Waals surface area contributed by atoms with Crippen molar-refractivity contribution in [2.24, 2.45) is 0 Å². The van der Waals surface area contributed by atoms with Crippen LogP contribution in [0, 0.1) is 0 Å². The van der Waals surface area contributed by atoms with Crippen molar-refractivity contribution in [2.75, 3.05) is 27.1 Å².